The van der Waals surface area contributed by atoms with Crippen molar-refractivity contribution < 1.29 is 31.0 Å². The number of anilines is 1. The normalized spacial score (nSPS) is 23.4. The van der Waals surface area contributed by atoms with Crippen LogP contribution in [0.5, 0.6) is 0 Å². The summed E-state index contributed by atoms with van der Waals surface area (Å²) in [4.78, 5) is 1.96. The highest BCUT2D eigenvalue weighted by Gasteiger charge is 2.36. The third-order valence-electron chi connectivity index (χ3n) is 5.11. The maximum absolute atomic E-state index is 13.4. The summed E-state index contributed by atoms with van der Waals surface area (Å²) in [5, 5.41) is 0.464. The third-order valence-corrected chi connectivity index (χ3v) is 10.7. The molecule has 3 aliphatic heterocycles. The third kappa shape index (κ3) is 4.32. The summed E-state index contributed by atoms with van der Waals surface area (Å²) in [6.07, 6.45) is 0. The second kappa shape index (κ2) is 8.75. The van der Waals surface area contributed by atoms with Crippen molar-refractivity contribution in [1.82, 2.24) is 8.61 Å². The fourth-order valence-corrected chi connectivity index (χ4v) is 8.56. The summed E-state index contributed by atoms with van der Waals surface area (Å²) < 4.78 is 71.7. The minimum atomic E-state index is -3.84. The van der Waals surface area contributed by atoms with E-state index in [1.807, 2.05) is 4.90 Å². The first-order valence-electron chi connectivity index (χ1n) is 9.53. The second-order valence-corrected chi connectivity index (χ2v) is 12.0. The molecule has 0 radical (unpaired) electrons. The van der Waals surface area contributed by atoms with Crippen molar-refractivity contribution in [2.45, 2.75) is 9.10 Å². The van der Waals surface area contributed by atoms with E-state index in [0.717, 1.165) is 11.3 Å². The van der Waals surface area contributed by atoms with Crippen molar-refractivity contribution in [2.75, 3.05) is 83.8 Å². The van der Waals surface area contributed by atoms with Gasteiger partial charge in [-0.2, -0.15) is 8.61 Å². The molecular weight excluding hydrogens is 442 g/mol. The van der Waals surface area contributed by atoms with Crippen LogP contribution in [-0.2, 0) is 34.3 Å². The van der Waals surface area contributed by atoms with Gasteiger partial charge in [-0.3, -0.25) is 0 Å². The first kappa shape index (κ1) is 21.4. The number of rotatable bonds is 5. The summed E-state index contributed by atoms with van der Waals surface area (Å²) in [6.45, 7) is 4.34. The summed E-state index contributed by atoms with van der Waals surface area (Å²) in [5.41, 5.74) is 0. The Hall–Kier alpha value is -0.800. The Bertz CT molecular complexity index is 914. The van der Waals surface area contributed by atoms with Crippen molar-refractivity contribution in [3.8, 4) is 0 Å². The van der Waals surface area contributed by atoms with Crippen molar-refractivity contribution >= 4 is 36.4 Å². The van der Waals surface area contributed by atoms with Gasteiger partial charge in [-0.25, -0.2) is 16.8 Å². The SMILES string of the molecule is O=S(=O)(c1cc(S(=O)(=O)N2CCOCC2)c(N2CCOCC2)s1)N1CCOCC1. The molecule has 29 heavy (non-hydrogen) atoms. The Morgan fingerprint density at radius 2 is 1.14 bits per heavy atom. The van der Waals surface area contributed by atoms with E-state index in [1.54, 1.807) is 0 Å². The molecule has 3 aliphatic rings. The van der Waals surface area contributed by atoms with Crippen molar-refractivity contribution in [1.29, 1.82) is 0 Å². The zero-order valence-corrected chi connectivity index (χ0v) is 18.4. The quantitative estimate of drug-likeness (QED) is 0.577. The van der Waals surface area contributed by atoms with E-state index in [1.165, 1.54) is 14.7 Å². The predicted octanol–water partition coefficient (Wildman–Crippen LogP) is -0.373. The van der Waals surface area contributed by atoms with Gasteiger partial charge in [0.2, 0.25) is 10.0 Å². The molecule has 3 fully saturated rings. The van der Waals surface area contributed by atoms with Gasteiger partial charge >= 0.3 is 0 Å². The monoisotopic (exact) mass is 467 g/mol. The lowest BCUT2D eigenvalue weighted by molar-refractivity contribution is 0.0729. The fraction of sp³-hybridized carbons (Fsp3) is 0.750. The molecule has 1 aromatic heterocycles. The van der Waals surface area contributed by atoms with Gasteiger partial charge in [-0.15, -0.1) is 11.3 Å². The standard InChI is InChI=1S/C16H25N3O7S3/c20-28(21,18-3-9-25-10-4-18)14-13-15(27-16(14)17-1-7-24-8-2-17)29(22,23)19-5-11-26-12-6-19/h13H,1-12H2. The van der Waals surface area contributed by atoms with Crippen molar-refractivity contribution in [3.05, 3.63) is 6.07 Å². The number of sulfonamides is 2. The molecule has 0 unspecified atom stereocenters. The van der Waals surface area contributed by atoms with E-state index in [9.17, 15) is 16.8 Å². The lowest BCUT2D eigenvalue weighted by atomic mass is 10.4. The van der Waals surface area contributed by atoms with Gasteiger partial charge in [-0.1, -0.05) is 0 Å². The highest BCUT2D eigenvalue weighted by molar-refractivity contribution is 7.92. The maximum atomic E-state index is 13.4. The first-order chi connectivity index (χ1) is 13.9. The van der Waals surface area contributed by atoms with Crippen LogP contribution in [0.2, 0.25) is 0 Å². The summed E-state index contributed by atoms with van der Waals surface area (Å²) in [7, 11) is -7.63. The largest absolute Gasteiger partial charge is 0.379 e. The number of ether oxygens (including phenoxy) is 3. The van der Waals surface area contributed by atoms with Crippen LogP contribution in [0.4, 0.5) is 5.00 Å². The van der Waals surface area contributed by atoms with Crippen LogP contribution >= 0.6 is 11.3 Å². The summed E-state index contributed by atoms with van der Waals surface area (Å²) in [6, 6.07) is 1.32. The molecule has 13 heteroatoms. The zero-order valence-electron chi connectivity index (χ0n) is 16.0. The number of nitrogens with zero attached hydrogens (tertiary/aromatic N) is 3. The smallest absolute Gasteiger partial charge is 0.252 e. The van der Waals surface area contributed by atoms with Crippen LogP contribution < -0.4 is 4.90 Å². The molecule has 0 bridgehead atoms. The molecule has 1 aromatic rings. The molecule has 0 saturated carbocycles. The molecule has 4 heterocycles. The van der Waals surface area contributed by atoms with Crippen molar-refractivity contribution in [3.63, 3.8) is 0 Å². The number of thiophene rings is 1. The van der Waals surface area contributed by atoms with Crippen molar-refractivity contribution in [2.24, 2.45) is 0 Å². The Labute approximate surface area is 175 Å². The molecule has 0 amide bonds. The molecule has 164 valence electrons. The Morgan fingerprint density at radius 1 is 0.690 bits per heavy atom. The molecule has 0 aromatic carbocycles. The Kier molecular flexibility index (Phi) is 6.46. The van der Waals surface area contributed by atoms with Gasteiger partial charge in [0.15, 0.2) is 0 Å². The molecule has 0 N–H and O–H groups in total. The van der Waals surface area contributed by atoms with E-state index < -0.39 is 20.0 Å². The van der Waals surface area contributed by atoms with Crippen LogP contribution in [0.15, 0.2) is 15.2 Å². The predicted molar refractivity (Wildman–Crippen MR) is 107 cm³/mol. The van der Waals surface area contributed by atoms with Gasteiger partial charge in [0.25, 0.3) is 10.0 Å². The topological polar surface area (TPSA) is 106 Å². The molecule has 3 saturated heterocycles. The average molecular weight is 468 g/mol. The van der Waals surface area contributed by atoms with Crippen LogP contribution in [0, 0.1) is 0 Å². The first-order valence-corrected chi connectivity index (χ1v) is 13.2. The minimum absolute atomic E-state index is 0.0488. The average Bonchev–Trinajstić information content (AvgIpc) is 3.23. The lowest BCUT2D eigenvalue weighted by Crippen LogP contribution is -2.42. The Balaban J connectivity index is 1.74. The van der Waals surface area contributed by atoms with Gasteiger partial charge in [-0.05, 0) is 6.07 Å². The van der Waals surface area contributed by atoms with Crippen LogP contribution in [-0.4, -0.2) is 104 Å². The van der Waals surface area contributed by atoms with Gasteiger partial charge in [0.05, 0.1) is 39.6 Å². The molecule has 10 nitrogen and oxygen atoms in total. The fourth-order valence-electron chi connectivity index (χ4n) is 3.48. The molecule has 0 aliphatic carbocycles. The van der Waals surface area contributed by atoms with Gasteiger partial charge < -0.3 is 19.1 Å². The van der Waals surface area contributed by atoms with E-state index in [-0.39, 0.29) is 35.3 Å². The van der Waals surface area contributed by atoms with E-state index in [2.05, 4.69) is 0 Å². The number of morpholine rings is 3. The van der Waals surface area contributed by atoms with E-state index >= 15 is 0 Å². The second-order valence-electron chi connectivity index (χ2n) is 6.87. The minimum Gasteiger partial charge on any atom is -0.379 e. The summed E-state index contributed by atoms with van der Waals surface area (Å²) >= 11 is 1.02. The molecule has 4 rings (SSSR count). The van der Waals surface area contributed by atoms with Gasteiger partial charge in [0.1, 0.15) is 14.1 Å². The van der Waals surface area contributed by atoms with Crippen LogP contribution in [0.25, 0.3) is 0 Å². The number of hydrogen-bond donors (Lipinski definition) is 0. The van der Waals surface area contributed by atoms with E-state index in [4.69, 9.17) is 14.2 Å². The number of hydrogen-bond acceptors (Lipinski definition) is 9. The Morgan fingerprint density at radius 3 is 1.66 bits per heavy atom. The molecule has 0 atom stereocenters. The van der Waals surface area contributed by atoms with Crippen LogP contribution in [0.1, 0.15) is 0 Å². The lowest BCUT2D eigenvalue weighted by Gasteiger charge is -2.30. The highest BCUT2D eigenvalue weighted by atomic mass is 32.2. The highest BCUT2D eigenvalue weighted by Crippen LogP contribution is 2.40. The molecule has 0 spiro atoms. The summed E-state index contributed by atoms with van der Waals surface area (Å²) in [5.74, 6) is 0. The zero-order chi connectivity index (χ0) is 20.5. The van der Waals surface area contributed by atoms with E-state index in [0.29, 0.717) is 57.7 Å². The van der Waals surface area contributed by atoms with Gasteiger partial charge in [0, 0.05) is 39.3 Å². The maximum Gasteiger partial charge on any atom is 0.252 e. The molecular formula is C16H25N3O7S3. The van der Waals surface area contributed by atoms with Crippen LogP contribution in [0.3, 0.4) is 0 Å².